The van der Waals surface area contributed by atoms with Crippen LogP contribution < -0.4 is 15.4 Å². The van der Waals surface area contributed by atoms with Gasteiger partial charge in [-0.2, -0.15) is 0 Å². The number of amides is 3. The van der Waals surface area contributed by atoms with Gasteiger partial charge in [-0.25, -0.2) is 4.79 Å². The average Bonchev–Trinajstić information content (AvgIpc) is 3.75. The van der Waals surface area contributed by atoms with Gasteiger partial charge in [-0.3, -0.25) is 4.79 Å². The lowest BCUT2D eigenvalue weighted by Crippen LogP contribution is -2.47. The summed E-state index contributed by atoms with van der Waals surface area (Å²) in [6.07, 6.45) is 2.57. The van der Waals surface area contributed by atoms with E-state index in [4.69, 9.17) is 4.74 Å². The van der Waals surface area contributed by atoms with Gasteiger partial charge in [0.25, 0.3) is 0 Å². The van der Waals surface area contributed by atoms with Crippen LogP contribution in [0.2, 0.25) is 0 Å². The minimum Gasteiger partial charge on any atom is -0.488 e. The predicted octanol–water partition coefficient (Wildman–Crippen LogP) is 4.97. The number of ether oxygens (including phenoxy) is 1. The summed E-state index contributed by atoms with van der Waals surface area (Å²) >= 11 is 0. The first-order valence-corrected chi connectivity index (χ1v) is 14.2. The molecule has 0 bridgehead atoms. The summed E-state index contributed by atoms with van der Waals surface area (Å²) in [5.41, 5.74) is 2.01. The quantitative estimate of drug-likeness (QED) is 0.372. The van der Waals surface area contributed by atoms with Crippen molar-refractivity contribution in [2.24, 2.45) is 11.8 Å². The molecule has 8 heteroatoms. The van der Waals surface area contributed by atoms with Gasteiger partial charge in [0, 0.05) is 42.2 Å². The van der Waals surface area contributed by atoms with E-state index in [2.05, 4.69) is 29.5 Å². The summed E-state index contributed by atoms with van der Waals surface area (Å²) in [6.45, 7) is 6.18. The molecule has 0 saturated heterocycles. The van der Waals surface area contributed by atoms with Crippen molar-refractivity contribution in [1.29, 1.82) is 0 Å². The van der Waals surface area contributed by atoms with Gasteiger partial charge in [-0.1, -0.05) is 43.3 Å². The fourth-order valence-electron chi connectivity index (χ4n) is 5.47. The molecule has 1 fully saturated rings. The first-order chi connectivity index (χ1) is 19.3. The molecular formula is C32H40N4O4. The molecule has 3 aromatic carbocycles. The zero-order valence-electron chi connectivity index (χ0n) is 23.6. The Balaban J connectivity index is 1.37. The number of aliphatic hydroxyl groups is 1. The van der Waals surface area contributed by atoms with E-state index in [1.807, 2.05) is 67.6 Å². The van der Waals surface area contributed by atoms with Crippen molar-refractivity contribution in [3.8, 4) is 5.75 Å². The van der Waals surface area contributed by atoms with Crippen LogP contribution in [0.25, 0.3) is 10.8 Å². The van der Waals surface area contributed by atoms with Gasteiger partial charge in [-0.15, -0.1) is 0 Å². The minimum absolute atomic E-state index is 0.0647. The predicted molar refractivity (Wildman–Crippen MR) is 159 cm³/mol. The molecule has 0 unspecified atom stereocenters. The zero-order valence-corrected chi connectivity index (χ0v) is 23.6. The van der Waals surface area contributed by atoms with Gasteiger partial charge >= 0.3 is 6.03 Å². The maximum Gasteiger partial charge on any atom is 0.323 e. The molecule has 3 N–H and O–H groups in total. The number of benzene rings is 3. The summed E-state index contributed by atoms with van der Waals surface area (Å²) in [5, 5.41) is 17.7. The lowest BCUT2D eigenvalue weighted by atomic mass is 10.0. The highest BCUT2D eigenvalue weighted by molar-refractivity contribution is 6.06. The number of likely N-dealkylation sites (N-methyl/N-ethyl adjacent to an activating group) is 1. The average molecular weight is 545 g/mol. The molecule has 1 aliphatic heterocycles. The van der Waals surface area contributed by atoms with Crippen LogP contribution in [-0.2, 0) is 11.2 Å². The highest BCUT2D eigenvalue weighted by atomic mass is 16.5. The summed E-state index contributed by atoms with van der Waals surface area (Å²) in [7, 11) is 2.13. The third kappa shape index (κ3) is 6.74. The molecule has 8 nitrogen and oxygen atoms in total. The number of hydrogen-bond acceptors (Lipinski definition) is 5. The number of nitrogens with zero attached hydrogens (tertiary/aromatic N) is 2. The van der Waals surface area contributed by atoms with Crippen LogP contribution in [-0.4, -0.2) is 72.3 Å². The van der Waals surface area contributed by atoms with Crippen LogP contribution in [0.1, 0.15) is 32.3 Å². The Kier molecular flexibility index (Phi) is 8.57. The number of fused-ring (bicyclic) bond motifs is 2. The smallest absolute Gasteiger partial charge is 0.323 e. The van der Waals surface area contributed by atoms with Crippen molar-refractivity contribution in [2.75, 3.05) is 43.9 Å². The van der Waals surface area contributed by atoms with Crippen molar-refractivity contribution in [2.45, 2.75) is 45.3 Å². The lowest BCUT2D eigenvalue weighted by Gasteiger charge is -2.34. The normalized spacial score (nSPS) is 20.2. The van der Waals surface area contributed by atoms with Crippen LogP contribution in [0, 0.1) is 11.8 Å². The van der Waals surface area contributed by atoms with E-state index < -0.39 is 0 Å². The number of urea groups is 1. The molecule has 0 radical (unpaired) electrons. The summed E-state index contributed by atoms with van der Waals surface area (Å²) in [4.78, 5) is 30.5. The molecule has 3 amide bonds. The minimum atomic E-state index is -0.365. The highest BCUT2D eigenvalue weighted by Gasteiger charge is 2.32. The molecule has 40 heavy (non-hydrogen) atoms. The second-order valence-electron chi connectivity index (χ2n) is 11.5. The largest absolute Gasteiger partial charge is 0.488 e. The fraction of sp³-hybridized carbons (Fsp3) is 0.438. The third-order valence-electron chi connectivity index (χ3n) is 7.97. The standard InChI is InChI=1S/C32H40N4O4/c1-21-17-36(22(2)20-37)31(38)16-25-15-26(13-14-29(25)40-30(21)19-35(3)18-23-11-12-23)33-32(39)34-28-10-6-8-24-7-4-5-9-27(24)28/h4-10,13-15,21-23,30,37H,11-12,16-20H2,1-3H3,(H2,33,34,39)/t21-,22+,30-/m0/s1. The van der Waals surface area contributed by atoms with Crippen molar-refractivity contribution in [3.63, 3.8) is 0 Å². The van der Waals surface area contributed by atoms with Crippen molar-refractivity contribution >= 4 is 34.1 Å². The van der Waals surface area contributed by atoms with Crippen LogP contribution >= 0.6 is 0 Å². The Morgan fingerprint density at radius 3 is 2.65 bits per heavy atom. The molecule has 2 aliphatic rings. The number of rotatable bonds is 8. The number of hydrogen-bond donors (Lipinski definition) is 3. The van der Waals surface area contributed by atoms with E-state index in [0.29, 0.717) is 23.5 Å². The van der Waals surface area contributed by atoms with E-state index in [-0.39, 0.29) is 43.0 Å². The second kappa shape index (κ2) is 12.3. The lowest BCUT2D eigenvalue weighted by molar-refractivity contribution is -0.134. The van der Waals surface area contributed by atoms with Gasteiger partial charge in [0.15, 0.2) is 0 Å². The van der Waals surface area contributed by atoms with Gasteiger partial charge in [0.05, 0.1) is 24.8 Å². The molecule has 3 aromatic rings. The Labute approximate surface area is 236 Å². The molecular weight excluding hydrogens is 504 g/mol. The van der Waals surface area contributed by atoms with E-state index in [9.17, 15) is 14.7 Å². The number of aliphatic hydroxyl groups excluding tert-OH is 1. The van der Waals surface area contributed by atoms with Crippen LogP contribution in [0.3, 0.4) is 0 Å². The number of carbonyl (C=O) groups is 2. The molecule has 1 heterocycles. The molecule has 0 spiro atoms. The van der Waals surface area contributed by atoms with E-state index >= 15 is 0 Å². The maximum atomic E-state index is 13.5. The second-order valence-corrected chi connectivity index (χ2v) is 11.5. The van der Waals surface area contributed by atoms with Gasteiger partial charge in [0.1, 0.15) is 11.9 Å². The van der Waals surface area contributed by atoms with Crippen molar-refractivity contribution < 1.29 is 19.4 Å². The molecule has 5 rings (SSSR count). The first-order valence-electron chi connectivity index (χ1n) is 14.2. The summed E-state index contributed by atoms with van der Waals surface area (Å²) < 4.78 is 6.60. The van der Waals surface area contributed by atoms with Crippen LogP contribution in [0.15, 0.2) is 60.7 Å². The highest BCUT2D eigenvalue weighted by Crippen LogP contribution is 2.32. The van der Waals surface area contributed by atoms with Crippen molar-refractivity contribution in [1.82, 2.24) is 9.80 Å². The third-order valence-corrected chi connectivity index (χ3v) is 7.97. The summed E-state index contributed by atoms with van der Waals surface area (Å²) in [5.74, 6) is 1.42. The number of carbonyl (C=O) groups excluding carboxylic acids is 2. The monoisotopic (exact) mass is 544 g/mol. The van der Waals surface area contributed by atoms with E-state index in [0.717, 1.165) is 35.5 Å². The van der Waals surface area contributed by atoms with Crippen LogP contribution in [0.5, 0.6) is 5.75 Å². The SMILES string of the molecule is C[C@H](CO)N1C[C@H](C)[C@H](CN(C)CC2CC2)Oc2ccc(NC(=O)Nc3cccc4ccccc34)cc2CC1=O. The molecule has 3 atom stereocenters. The van der Waals surface area contributed by atoms with E-state index in [1.165, 1.54) is 12.8 Å². The topological polar surface area (TPSA) is 94.1 Å². The number of nitrogens with one attached hydrogen (secondary N) is 2. The fourth-order valence-corrected chi connectivity index (χ4v) is 5.47. The molecule has 1 saturated carbocycles. The number of anilines is 2. The van der Waals surface area contributed by atoms with Gasteiger partial charge < -0.3 is 30.3 Å². The Morgan fingerprint density at radius 1 is 1.10 bits per heavy atom. The van der Waals surface area contributed by atoms with Crippen molar-refractivity contribution in [3.05, 3.63) is 66.2 Å². The van der Waals surface area contributed by atoms with Gasteiger partial charge in [-0.05, 0) is 62.4 Å². The first kappa shape index (κ1) is 27.9. The Bertz CT molecular complexity index is 1350. The molecule has 1 aliphatic carbocycles. The van der Waals surface area contributed by atoms with Gasteiger partial charge in [0.2, 0.25) is 5.91 Å². The molecule has 0 aromatic heterocycles. The zero-order chi connectivity index (χ0) is 28.2. The Morgan fingerprint density at radius 2 is 1.88 bits per heavy atom. The Hall–Kier alpha value is -3.62. The maximum absolute atomic E-state index is 13.5. The molecule has 212 valence electrons. The van der Waals surface area contributed by atoms with E-state index in [1.54, 1.807) is 4.90 Å². The summed E-state index contributed by atoms with van der Waals surface area (Å²) in [6, 6.07) is 18.5. The van der Waals surface area contributed by atoms with Crippen LogP contribution in [0.4, 0.5) is 16.2 Å².